The molecule has 124 valence electrons. The zero-order chi connectivity index (χ0) is 16.8. The van der Waals surface area contributed by atoms with Crippen LogP contribution in [0.2, 0.25) is 0 Å². The average molecular weight is 322 g/mol. The molecule has 2 atom stereocenters. The lowest BCUT2D eigenvalue weighted by Gasteiger charge is -2.17. The second-order valence-corrected chi connectivity index (χ2v) is 5.15. The van der Waals surface area contributed by atoms with E-state index < -0.39 is 42.3 Å². The van der Waals surface area contributed by atoms with E-state index in [0.717, 1.165) is 12.0 Å². The molecule has 2 rings (SSSR count). The largest absolute Gasteiger partial charge is 0.505 e. The first-order valence-corrected chi connectivity index (χ1v) is 7.19. The lowest BCUT2D eigenvalue weighted by molar-refractivity contribution is -0.154. The molecule has 0 radical (unpaired) electrons. The fraction of sp³-hybridized carbons (Fsp3) is 0.375. The van der Waals surface area contributed by atoms with Crippen LogP contribution in [0, 0.1) is 0 Å². The van der Waals surface area contributed by atoms with E-state index >= 15 is 0 Å². The smallest absolute Gasteiger partial charge is 0.377 e. The van der Waals surface area contributed by atoms with Gasteiger partial charge < -0.3 is 24.8 Å². The van der Waals surface area contributed by atoms with Gasteiger partial charge in [0.15, 0.2) is 11.9 Å². The minimum Gasteiger partial charge on any atom is -0.505 e. The molecule has 0 spiro atoms. The third-order valence-corrected chi connectivity index (χ3v) is 3.39. The number of cyclic esters (lactones) is 1. The molecule has 1 aromatic carbocycles. The number of benzene rings is 1. The number of carbonyl (C=O) groups excluding carboxylic acids is 2. The van der Waals surface area contributed by atoms with Crippen LogP contribution >= 0.6 is 0 Å². The summed E-state index contributed by atoms with van der Waals surface area (Å²) in [6.07, 6.45) is -1.35. The van der Waals surface area contributed by atoms with E-state index in [9.17, 15) is 19.8 Å². The van der Waals surface area contributed by atoms with Crippen LogP contribution in [0.15, 0.2) is 41.9 Å². The number of aliphatic hydroxyl groups excluding tert-OH is 3. The van der Waals surface area contributed by atoms with Gasteiger partial charge in [-0.3, -0.25) is 4.79 Å². The summed E-state index contributed by atoms with van der Waals surface area (Å²) in [6.45, 7) is -0.445. The van der Waals surface area contributed by atoms with Crippen LogP contribution in [0.3, 0.4) is 0 Å². The highest BCUT2D eigenvalue weighted by molar-refractivity contribution is 5.89. The van der Waals surface area contributed by atoms with Crippen LogP contribution in [-0.2, 0) is 25.5 Å². The minimum atomic E-state index is -1.44. The van der Waals surface area contributed by atoms with Gasteiger partial charge in [-0.15, -0.1) is 0 Å². The molecule has 0 saturated heterocycles. The molecule has 0 unspecified atom stereocenters. The number of rotatable bonds is 7. The van der Waals surface area contributed by atoms with E-state index in [4.69, 9.17) is 9.84 Å². The van der Waals surface area contributed by atoms with Crippen molar-refractivity contribution in [3.05, 3.63) is 47.4 Å². The Bertz CT molecular complexity index is 594. The van der Waals surface area contributed by atoms with Crippen molar-refractivity contribution in [1.29, 1.82) is 0 Å². The van der Waals surface area contributed by atoms with Crippen molar-refractivity contribution in [3.8, 4) is 0 Å². The highest BCUT2D eigenvalue weighted by Crippen LogP contribution is 2.21. The molecule has 1 aromatic rings. The van der Waals surface area contributed by atoms with Gasteiger partial charge in [0.05, 0.1) is 0 Å². The molecular weight excluding hydrogens is 304 g/mol. The SMILES string of the molecule is O=C(CCCc1ccccc1)OC[C@H](O)[C@H]1OC(=O)C(O)=C1O. The summed E-state index contributed by atoms with van der Waals surface area (Å²) < 4.78 is 9.44. The number of carbonyl (C=O) groups is 2. The first-order chi connectivity index (χ1) is 11.0. The number of hydrogen-bond acceptors (Lipinski definition) is 7. The Morgan fingerprint density at radius 2 is 1.96 bits per heavy atom. The van der Waals surface area contributed by atoms with E-state index in [1.165, 1.54) is 0 Å². The summed E-state index contributed by atoms with van der Waals surface area (Å²) in [5, 5.41) is 28.3. The first kappa shape index (κ1) is 16.8. The van der Waals surface area contributed by atoms with E-state index in [1.807, 2.05) is 30.3 Å². The Balaban J connectivity index is 1.69. The molecule has 0 aliphatic carbocycles. The number of esters is 2. The van der Waals surface area contributed by atoms with E-state index in [2.05, 4.69) is 4.74 Å². The lowest BCUT2D eigenvalue weighted by Crippen LogP contribution is -2.33. The summed E-state index contributed by atoms with van der Waals surface area (Å²) >= 11 is 0. The van der Waals surface area contributed by atoms with E-state index in [-0.39, 0.29) is 6.42 Å². The third kappa shape index (κ3) is 4.46. The van der Waals surface area contributed by atoms with Crippen molar-refractivity contribution in [2.24, 2.45) is 0 Å². The van der Waals surface area contributed by atoms with Gasteiger partial charge in [-0.2, -0.15) is 0 Å². The normalized spacial score (nSPS) is 18.7. The lowest BCUT2D eigenvalue weighted by atomic mass is 10.1. The zero-order valence-electron chi connectivity index (χ0n) is 12.3. The van der Waals surface area contributed by atoms with Crippen LogP contribution in [0.4, 0.5) is 0 Å². The van der Waals surface area contributed by atoms with Gasteiger partial charge in [-0.05, 0) is 18.4 Å². The summed E-state index contributed by atoms with van der Waals surface area (Å²) in [5.74, 6) is -3.33. The molecule has 0 amide bonds. The van der Waals surface area contributed by atoms with Gasteiger partial charge in [-0.25, -0.2) is 4.79 Å². The van der Waals surface area contributed by atoms with Gasteiger partial charge >= 0.3 is 11.9 Å². The maximum Gasteiger partial charge on any atom is 0.377 e. The molecule has 0 fully saturated rings. The molecule has 1 aliphatic rings. The number of hydrogen-bond donors (Lipinski definition) is 3. The standard InChI is InChI=1S/C16H18O7/c17-11(15-13(19)14(20)16(21)23-15)9-22-12(18)8-4-7-10-5-2-1-3-6-10/h1-3,5-6,11,15,17,19-20H,4,7-9H2/t11-,15+/m0/s1. The predicted octanol–water partition coefficient (Wildman–Crippen LogP) is 1.17. The average Bonchev–Trinajstić information content (AvgIpc) is 2.81. The molecule has 7 nitrogen and oxygen atoms in total. The number of aliphatic hydroxyl groups is 3. The van der Waals surface area contributed by atoms with E-state index in [1.54, 1.807) is 0 Å². The maximum atomic E-state index is 11.6. The third-order valence-electron chi connectivity index (χ3n) is 3.39. The topological polar surface area (TPSA) is 113 Å². The Hall–Kier alpha value is -2.54. The minimum absolute atomic E-state index is 0.180. The highest BCUT2D eigenvalue weighted by Gasteiger charge is 2.39. The summed E-state index contributed by atoms with van der Waals surface area (Å²) in [7, 11) is 0. The van der Waals surface area contributed by atoms with Crippen molar-refractivity contribution in [3.63, 3.8) is 0 Å². The van der Waals surface area contributed by atoms with Crippen LogP contribution in [-0.4, -0.2) is 46.1 Å². The summed E-state index contributed by atoms with van der Waals surface area (Å²) in [6, 6.07) is 9.68. The highest BCUT2D eigenvalue weighted by atomic mass is 16.6. The Morgan fingerprint density at radius 3 is 2.57 bits per heavy atom. The van der Waals surface area contributed by atoms with Crippen LogP contribution in [0.1, 0.15) is 18.4 Å². The Morgan fingerprint density at radius 1 is 1.26 bits per heavy atom. The van der Waals surface area contributed by atoms with Crippen LogP contribution < -0.4 is 0 Å². The molecule has 0 aromatic heterocycles. The van der Waals surface area contributed by atoms with Gasteiger partial charge in [0.25, 0.3) is 0 Å². The van der Waals surface area contributed by atoms with Gasteiger partial charge in [0, 0.05) is 6.42 Å². The number of ether oxygens (including phenoxy) is 2. The quantitative estimate of drug-likeness (QED) is 0.646. The Kier molecular flexibility index (Phi) is 5.59. The van der Waals surface area contributed by atoms with E-state index in [0.29, 0.717) is 6.42 Å². The Labute approximate surface area is 132 Å². The van der Waals surface area contributed by atoms with Crippen molar-refractivity contribution in [1.82, 2.24) is 0 Å². The number of aryl methyl sites for hydroxylation is 1. The van der Waals surface area contributed by atoms with Gasteiger partial charge in [0.1, 0.15) is 12.7 Å². The molecule has 7 heteroatoms. The fourth-order valence-electron chi connectivity index (χ4n) is 2.15. The van der Waals surface area contributed by atoms with Gasteiger partial charge in [0.2, 0.25) is 5.76 Å². The molecule has 1 aliphatic heterocycles. The van der Waals surface area contributed by atoms with Crippen LogP contribution in [0.5, 0.6) is 0 Å². The van der Waals surface area contributed by atoms with Crippen LogP contribution in [0.25, 0.3) is 0 Å². The van der Waals surface area contributed by atoms with Crippen molar-refractivity contribution in [2.75, 3.05) is 6.61 Å². The monoisotopic (exact) mass is 322 g/mol. The van der Waals surface area contributed by atoms with Crippen molar-refractivity contribution < 1.29 is 34.4 Å². The zero-order valence-corrected chi connectivity index (χ0v) is 12.3. The first-order valence-electron chi connectivity index (χ1n) is 7.19. The molecular formula is C16H18O7. The summed E-state index contributed by atoms with van der Waals surface area (Å²) in [4.78, 5) is 22.6. The molecule has 0 bridgehead atoms. The second kappa shape index (κ2) is 7.64. The van der Waals surface area contributed by atoms with Crippen molar-refractivity contribution >= 4 is 11.9 Å². The summed E-state index contributed by atoms with van der Waals surface area (Å²) in [5.41, 5.74) is 1.11. The van der Waals surface area contributed by atoms with Gasteiger partial charge in [-0.1, -0.05) is 30.3 Å². The molecule has 0 saturated carbocycles. The fourth-order valence-corrected chi connectivity index (χ4v) is 2.15. The van der Waals surface area contributed by atoms with Crippen molar-refractivity contribution in [2.45, 2.75) is 31.5 Å². The predicted molar refractivity (Wildman–Crippen MR) is 78.5 cm³/mol. The molecule has 3 N–H and O–H groups in total. The molecule has 23 heavy (non-hydrogen) atoms. The second-order valence-electron chi connectivity index (χ2n) is 5.15. The molecule has 1 heterocycles. The maximum absolute atomic E-state index is 11.6.